The molecule has 0 saturated carbocycles. The Bertz CT molecular complexity index is 576. The van der Waals surface area contributed by atoms with Crippen LogP contribution in [-0.2, 0) is 0 Å². The standard InChI is InChI=1S/C14H10F2N2/c15-12-8-4-7-11(14(12)16)13(9-17)18-10-5-2-1-3-6-10/h1-8,13,18H. The predicted molar refractivity (Wildman–Crippen MR) is 64.8 cm³/mol. The molecule has 0 saturated heterocycles. The van der Waals surface area contributed by atoms with Crippen molar-refractivity contribution in [1.82, 2.24) is 0 Å². The maximum absolute atomic E-state index is 13.6. The molecule has 1 atom stereocenters. The van der Waals surface area contributed by atoms with E-state index < -0.39 is 17.7 Å². The number of anilines is 1. The number of para-hydroxylation sites is 1. The lowest BCUT2D eigenvalue weighted by molar-refractivity contribution is 0.498. The fraction of sp³-hybridized carbons (Fsp3) is 0.0714. The van der Waals surface area contributed by atoms with Crippen LogP contribution < -0.4 is 5.32 Å². The summed E-state index contributed by atoms with van der Waals surface area (Å²) in [4.78, 5) is 0. The van der Waals surface area contributed by atoms with Crippen LogP contribution in [0.3, 0.4) is 0 Å². The number of halogens is 2. The molecule has 2 aromatic carbocycles. The molecule has 2 rings (SSSR count). The van der Waals surface area contributed by atoms with Gasteiger partial charge in [-0.05, 0) is 18.2 Å². The Morgan fingerprint density at radius 2 is 1.72 bits per heavy atom. The quantitative estimate of drug-likeness (QED) is 0.894. The first-order chi connectivity index (χ1) is 8.72. The number of nitrogens with zero attached hydrogens (tertiary/aromatic N) is 1. The summed E-state index contributed by atoms with van der Waals surface area (Å²) < 4.78 is 26.7. The van der Waals surface area contributed by atoms with Gasteiger partial charge in [0.15, 0.2) is 11.6 Å². The Hall–Kier alpha value is -2.41. The first-order valence-electron chi connectivity index (χ1n) is 5.37. The van der Waals surface area contributed by atoms with Gasteiger partial charge in [0.1, 0.15) is 6.04 Å². The summed E-state index contributed by atoms with van der Waals surface area (Å²) in [6.07, 6.45) is 0. The molecule has 0 amide bonds. The zero-order chi connectivity index (χ0) is 13.0. The minimum atomic E-state index is -0.993. The first-order valence-corrected chi connectivity index (χ1v) is 5.37. The molecule has 0 fully saturated rings. The molecule has 4 heteroatoms. The highest BCUT2D eigenvalue weighted by Crippen LogP contribution is 2.22. The predicted octanol–water partition coefficient (Wildman–Crippen LogP) is 3.64. The first kappa shape index (κ1) is 12.1. The molecule has 0 aliphatic carbocycles. The topological polar surface area (TPSA) is 35.8 Å². The van der Waals surface area contributed by atoms with Crippen LogP contribution in [0.15, 0.2) is 48.5 Å². The van der Waals surface area contributed by atoms with E-state index in [1.165, 1.54) is 12.1 Å². The smallest absolute Gasteiger partial charge is 0.165 e. The van der Waals surface area contributed by atoms with Gasteiger partial charge in [-0.2, -0.15) is 5.26 Å². The van der Waals surface area contributed by atoms with Crippen LogP contribution >= 0.6 is 0 Å². The average Bonchev–Trinajstić information content (AvgIpc) is 2.41. The molecular weight excluding hydrogens is 234 g/mol. The van der Waals surface area contributed by atoms with Crippen LogP contribution in [0.4, 0.5) is 14.5 Å². The SMILES string of the molecule is N#CC(Nc1ccccc1)c1cccc(F)c1F. The third-order valence-corrected chi connectivity index (χ3v) is 2.51. The van der Waals surface area contributed by atoms with Crippen molar-refractivity contribution in [3.8, 4) is 6.07 Å². The largest absolute Gasteiger partial charge is 0.366 e. The number of hydrogen-bond acceptors (Lipinski definition) is 2. The van der Waals surface area contributed by atoms with Gasteiger partial charge >= 0.3 is 0 Å². The van der Waals surface area contributed by atoms with Crippen molar-refractivity contribution < 1.29 is 8.78 Å². The molecule has 0 aliphatic rings. The van der Waals surface area contributed by atoms with Crippen molar-refractivity contribution in [3.63, 3.8) is 0 Å². The fourth-order valence-corrected chi connectivity index (χ4v) is 1.62. The monoisotopic (exact) mass is 244 g/mol. The van der Waals surface area contributed by atoms with Crippen molar-refractivity contribution >= 4 is 5.69 Å². The van der Waals surface area contributed by atoms with E-state index in [1.807, 2.05) is 12.1 Å². The van der Waals surface area contributed by atoms with E-state index in [2.05, 4.69) is 5.32 Å². The lowest BCUT2D eigenvalue weighted by atomic mass is 10.1. The molecule has 18 heavy (non-hydrogen) atoms. The van der Waals surface area contributed by atoms with Crippen LogP contribution in [0.1, 0.15) is 11.6 Å². The summed E-state index contributed by atoms with van der Waals surface area (Å²) in [6, 6.07) is 13.7. The normalized spacial score (nSPS) is 11.6. The van der Waals surface area contributed by atoms with Crippen LogP contribution in [0.2, 0.25) is 0 Å². The van der Waals surface area contributed by atoms with Crippen LogP contribution in [0.25, 0.3) is 0 Å². The lowest BCUT2D eigenvalue weighted by Gasteiger charge is -2.14. The second kappa shape index (κ2) is 5.28. The number of nitrogens with one attached hydrogen (secondary N) is 1. The van der Waals surface area contributed by atoms with Gasteiger partial charge in [-0.3, -0.25) is 0 Å². The third-order valence-electron chi connectivity index (χ3n) is 2.51. The minimum absolute atomic E-state index is 0.00125. The maximum Gasteiger partial charge on any atom is 0.165 e. The highest BCUT2D eigenvalue weighted by atomic mass is 19.2. The summed E-state index contributed by atoms with van der Waals surface area (Å²) in [6.45, 7) is 0. The van der Waals surface area contributed by atoms with E-state index in [4.69, 9.17) is 5.26 Å². The van der Waals surface area contributed by atoms with Gasteiger partial charge in [-0.25, -0.2) is 8.78 Å². The Labute approximate surface area is 103 Å². The molecule has 0 aliphatic heterocycles. The molecule has 0 spiro atoms. The van der Waals surface area contributed by atoms with E-state index >= 15 is 0 Å². The van der Waals surface area contributed by atoms with E-state index in [1.54, 1.807) is 24.3 Å². The van der Waals surface area contributed by atoms with Crippen molar-refractivity contribution in [2.75, 3.05) is 5.32 Å². The fourth-order valence-electron chi connectivity index (χ4n) is 1.62. The molecule has 1 N–H and O–H groups in total. The molecule has 2 nitrogen and oxygen atoms in total. The second-order valence-corrected chi connectivity index (χ2v) is 3.72. The summed E-state index contributed by atoms with van der Waals surface area (Å²) in [5.74, 6) is -1.95. The van der Waals surface area contributed by atoms with E-state index in [9.17, 15) is 8.78 Å². The lowest BCUT2D eigenvalue weighted by Crippen LogP contribution is -2.11. The van der Waals surface area contributed by atoms with Crippen LogP contribution in [0, 0.1) is 23.0 Å². The Kier molecular flexibility index (Phi) is 3.54. The van der Waals surface area contributed by atoms with Gasteiger partial charge in [-0.1, -0.05) is 30.3 Å². The molecule has 1 unspecified atom stereocenters. The molecule has 2 aromatic rings. The highest BCUT2D eigenvalue weighted by molar-refractivity contribution is 5.47. The number of benzene rings is 2. The molecule has 0 aromatic heterocycles. The molecular formula is C14H10F2N2. The Balaban J connectivity index is 2.30. The molecule has 90 valence electrons. The summed E-state index contributed by atoms with van der Waals surface area (Å²) in [5, 5.41) is 11.9. The van der Waals surface area contributed by atoms with Crippen LogP contribution in [-0.4, -0.2) is 0 Å². The number of hydrogen-bond donors (Lipinski definition) is 1. The van der Waals surface area contributed by atoms with Crippen molar-refractivity contribution in [2.45, 2.75) is 6.04 Å². The minimum Gasteiger partial charge on any atom is -0.366 e. The summed E-state index contributed by atoms with van der Waals surface area (Å²) in [5.41, 5.74) is 0.675. The molecule has 0 bridgehead atoms. The van der Waals surface area contributed by atoms with Gasteiger partial charge < -0.3 is 5.32 Å². The Morgan fingerprint density at radius 1 is 1.00 bits per heavy atom. The highest BCUT2D eigenvalue weighted by Gasteiger charge is 2.17. The Morgan fingerprint density at radius 3 is 2.39 bits per heavy atom. The van der Waals surface area contributed by atoms with Gasteiger partial charge in [0.2, 0.25) is 0 Å². The van der Waals surface area contributed by atoms with Gasteiger partial charge in [-0.15, -0.1) is 0 Å². The third kappa shape index (κ3) is 2.46. The van der Waals surface area contributed by atoms with Crippen molar-refractivity contribution in [2.24, 2.45) is 0 Å². The van der Waals surface area contributed by atoms with E-state index in [0.717, 1.165) is 6.07 Å². The average molecular weight is 244 g/mol. The number of rotatable bonds is 3. The summed E-state index contributed by atoms with van der Waals surface area (Å²) >= 11 is 0. The van der Waals surface area contributed by atoms with Gasteiger partial charge in [0.05, 0.1) is 6.07 Å². The van der Waals surface area contributed by atoms with Gasteiger partial charge in [0.25, 0.3) is 0 Å². The summed E-state index contributed by atoms with van der Waals surface area (Å²) in [7, 11) is 0. The van der Waals surface area contributed by atoms with Crippen LogP contribution in [0.5, 0.6) is 0 Å². The molecule has 0 radical (unpaired) electrons. The zero-order valence-corrected chi connectivity index (χ0v) is 9.40. The van der Waals surface area contributed by atoms with E-state index in [0.29, 0.717) is 5.69 Å². The van der Waals surface area contributed by atoms with Crippen molar-refractivity contribution in [3.05, 3.63) is 65.7 Å². The maximum atomic E-state index is 13.6. The van der Waals surface area contributed by atoms with Crippen molar-refractivity contribution in [1.29, 1.82) is 5.26 Å². The second-order valence-electron chi connectivity index (χ2n) is 3.72. The van der Waals surface area contributed by atoms with E-state index in [-0.39, 0.29) is 5.56 Å². The molecule has 0 heterocycles. The van der Waals surface area contributed by atoms with Gasteiger partial charge in [0, 0.05) is 11.3 Å². The zero-order valence-electron chi connectivity index (χ0n) is 9.40. The number of nitriles is 1.